The average Bonchev–Trinajstić information content (AvgIpc) is 2.90. The molecular weight excluding hydrogens is 258 g/mol. The zero-order valence-electron chi connectivity index (χ0n) is 11.3. The quantitative estimate of drug-likeness (QED) is 0.911. The van der Waals surface area contributed by atoms with Crippen molar-refractivity contribution in [2.45, 2.75) is 18.9 Å². The third-order valence-electron chi connectivity index (χ3n) is 3.62. The number of aliphatic hydroxyl groups is 1. The molecule has 5 nitrogen and oxygen atoms in total. The SMILES string of the molecule is COc1cccc2cc(C(=O)N3CCCC(O)C3)oc12. The van der Waals surface area contributed by atoms with Crippen LogP contribution in [0.4, 0.5) is 0 Å². The molecule has 1 N–H and O–H groups in total. The number of β-amino-alcohol motifs (C(OH)–C–C–N with tert-alkyl or cyclic N) is 1. The number of nitrogens with zero attached hydrogens (tertiary/aromatic N) is 1. The van der Waals surface area contributed by atoms with Crippen LogP contribution in [-0.4, -0.2) is 42.2 Å². The molecule has 1 atom stereocenters. The molecule has 1 saturated heterocycles. The van der Waals surface area contributed by atoms with Gasteiger partial charge in [0.25, 0.3) is 5.91 Å². The van der Waals surface area contributed by atoms with Gasteiger partial charge in [0.15, 0.2) is 17.1 Å². The van der Waals surface area contributed by atoms with Gasteiger partial charge in [0.2, 0.25) is 0 Å². The number of furan rings is 1. The summed E-state index contributed by atoms with van der Waals surface area (Å²) in [5.41, 5.74) is 0.580. The Morgan fingerprint density at radius 3 is 3.10 bits per heavy atom. The van der Waals surface area contributed by atoms with Crippen molar-refractivity contribution in [1.82, 2.24) is 4.90 Å². The summed E-state index contributed by atoms with van der Waals surface area (Å²) in [7, 11) is 1.57. The molecule has 0 radical (unpaired) electrons. The summed E-state index contributed by atoms with van der Waals surface area (Å²) in [4.78, 5) is 14.0. The molecular formula is C15H17NO4. The van der Waals surface area contributed by atoms with E-state index in [1.807, 2.05) is 12.1 Å². The molecule has 1 amide bonds. The van der Waals surface area contributed by atoms with Gasteiger partial charge in [-0.1, -0.05) is 12.1 Å². The van der Waals surface area contributed by atoms with Crippen molar-refractivity contribution in [1.29, 1.82) is 0 Å². The smallest absolute Gasteiger partial charge is 0.289 e. The number of methoxy groups -OCH3 is 1. The van der Waals surface area contributed by atoms with E-state index in [4.69, 9.17) is 9.15 Å². The third kappa shape index (κ3) is 2.25. The van der Waals surface area contributed by atoms with Crippen LogP contribution in [0.15, 0.2) is 28.7 Å². The Bertz CT molecular complexity index is 634. The number of aliphatic hydroxyl groups excluding tert-OH is 1. The second-order valence-electron chi connectivity index (χ2n) is 5.04. The summed E-state index contributed by atoms with van der Waals surface area (Å²) in [5, 5.41) is 10.5. The molecule has 0 bridgehead atoms. The van der Waals surface area contributed by atoms with Gasteiger partial charge in [0.1, 0.15) is 0 Å². The Balaban J connectivity index is 1.92. The van der Waals surface area contributed by atoms with Crippen molar-refractivity contribution in [3.05, 3.63) is 30.0 Å². The maximum Gasteiger partial charge on any atom is 0.289 e. The molecule has 106 valence electrons. The van der Waals surface area contributed by atoms with Crippen molar-refractivity contribution in [3.63, 3.8) is 0 Å². The highest BCUT2D eigenvalue weighted by molar-refractivity contribution is 5.97. The van der Waals surface area contributed by atoms with Crippen LogP contribution >= 0.6 is 0 Å². The molecule has 1 aromatic heterocycles. The predicted molar refractivity (Wildman–Crippen MR) is 73.9 cm³/mol. The van der Waals surface area contributed by atoms with Crippen LogP contribution < -0.4 is 4.74 Å². The molecule has 0 saturated carbocycles. The molecule has 1 fully saturated rings. The predicted octanol–water partition coefficient (Wildman–Crippen LogP) is 2.04. The van der Waals surface area contributed by atoms with E-state index in [-0.39, 0.29) is 5.91 Å². The second-order valence-corrected chi connectivity index (χ2v) is 5.04. The van der Waals surface area contributed by atoms with Crippen LogP contribution in [0.5, 0.6) is 5.75 Å². The number of hydrogen-bond donors (Lipinski definition) is 1. The van der Waals surface area contributed by atoms with Gasteiger partial charge in [-0.3, -0.25) is 4.79 Å². The summed E-state index contributed by atoms with van der Waals surface area (Å²) < 4.78 is 10.9. The van der Waals surface area contributed by atoms with Crippen molar-refractivity contribution in [2.75, 3.05) is 20.2 Å². The molecule has 1 unspecified atom stereocenters. The highest BCUT2D eigenvalue weighted by atomic mass is 16.5. The van der Waals surface area contributed by atoms with E-state index in [0.29, 0.717) is 30.2 Å². The fourth-order valence-electron chi connectivity index (χ4n) is 2.60. The number of carbonyl (C=O) groups excluding carboxylic acids is 1. The number of ether oxygens (including phenoxy) is 1. The fraction of sp³-hybridized carbons (Fsp3) is 0.400. The zero-order chi connectivity index (χ0) is 14.1. The molecule has 1 aliphatic heterocycles. The lowest BCUT2D eigenvalue weighted by Gasteiger charge is -2.29. The molecule has 0 aliphatic carbocycles. The summed E-state index contributed by atoms with van der Waals surface area (Å²) >= 11 is 0. The van der Waals surface area contributed by atoms with Crippen LogP contribution in [0.1, 0.15) is 23.4 Å². The first-order chi connectivity index (χ1) is 9.69. The monoisotopic (exact) mass is 275 g/mol. The minimum atomic E-state index is -0.438. The lowest BCUT2D eigenvalue weighted by atomic mass is 10.1. The summed E-state index contributed by atoms with van der Waals surface area (Å²) in [6.45, 7) is 1.02. The number of piperidine rings is 1. The normalized spacial score (nSPS) is 19.3. The summed E-state index contributed by atoms with van der Waals surface area (Å²) in [6.07, 6.45) is 1.13. The van der Waals surface area contributed by atoms with Gasteiger partial charge in [0, 0.05) is 18.5 Å². The Labute approximate surface area is 116 Å². The molecule has 1 aromatic carbocycles. The molecule has 0 spiro atoms. The number of fused-ring (bicyclic) bond motifs is 1. The number of carbonyl (C=O) groups is 1. The Morgan fingerprint density at radius 1 is 1.50 bits per heavy atom. The first-order valence-electron chi connectivity index (χ1n) is 6.73. The number of benzene rings is 1. The van der Waals surface area contributed by atoms with E-state index in [0.717, 1.165) is 18.2 Å². The number of rotatable bonds is 2. The second kappa shape index (κ2) is 5.17. The van der Waals surface area contributed by atoms with Crippen molar-refractivity contribution < 1.29 is 19.1 Å². The molecule has 2 aromatic rings. The third-order valence-corrected chi connectivity index (χ3v) is 3.62. The topological polar surface area (TPSA) is 62.9 Å². The average molecular weight is 275 g/mol. The Morgan fingerprint density at radius 2 is 2.35 bits per heavy atom. The number of amides is 1. The zero-order valence-corrected chi connectivity index (χ0v) is 11.3. The lowest BCUT2D eigenvalue weighted by Crippen LogP contribution is -2.42. The first kappa shape index (κ1) is 13.0. The van der Waals surface area contributed by atoms with E-state index >= 15 is 0 Å². The van der Waals surface area contributed by atoms with Crippen LogP contribution in [0, 0.1) is 0 Å². The molecule has 1 aliphatic rings. The highest BCUT2D eigenvalue weighted by Gasteiger charge is 2.25. The van der Waals surface area contributed by atoms with Gasteiger partial charge in [-0.15, -0.1) is 0 Å². The first-order valence-corrected chi connectivity index (χ1v) is 6.73. The van der Waals surface area contributed by atoms with Gasteiger partial charge < -0.3 is 19.2 Å². The van der Waals surface area contributed by atoms with E-state index in [1.54, 1.807) is 24.1 Å². The molecule has 20 heavy (non-hydrogen) atoms. The fourth-order valence-corrected chi connectivity index (χ4v) is 2.60. The highest BCUT2D eigenvalue weighted by Crippen LogP contribution is 2.29. The minimum Gasteiger partial charge on any atom is -0.493 e. The molecule has 2 heterocycles. The van der Waals surface area contributed by atoms with Gasteiger partial charge in [-0.05, 0) is 25.0 Å². The van der Waals surface area contributed by atoms with Crippen LogP contribution in [0.3, 0.4) is 0 Å². The van der Waals surface area contributed by atoms with E-state index in [2.05, 4.69) is 0 Å². The Hall–Kier alpha value is -2.01. The van der Waals surface area contributed by atoms with Crippen molar-refractivity contribution in [3.8, 4) is 5.75 Å². The number of hydrogen-bond acceptors (Lipinski definition) is 4. The van der Waals surface area contributed by atoms with Gasteiger partial charge in [-0.25, -0.2) is 0 Å². The largest absolute Gasteiger partial charge is 0.493 e. The van der Waals surface area contributed by atoms with Crippen LogP contribution in [0.25, 0.3) is 11.0 Å². The molecule has 3 rings (SSSR count). The van der Waals surface area contributed by atoms with Gasteiger partial charge in [-0.2, -0.15) is 0 Å². The maximum atomic E-state index is 12.4. The van der Waals surface area contributed by atoms with E-state index in [1.165, 1.54) is 0 Å². The summed E-state index contributed by atoms with van der Waals surface area (Å²) in [5.74, 6) is 0.723. The van der Waals surface area contributed by atoms with E-state index < -0.39 is 6.10 Å². The molecule has 5 heteroatoms. The van der Waals surface area contributed by atoms with Crippen LogP contribution in [-0.2, 0) is 0 Å². The maximum absolute atomic E-state index is 12.4. The van der Waals surface area contributed by atoms with Crippen LogP contribution in [0.2, 0.25) is 0 Å². The Kier molecular flexibility index (Phi) is 3.36. The number of likely N-dealkylation sites (tertiary alicyclic amines) is 1. The lowest BCUT2D eigenvalue weighted by molar-refractivity contribution is 0.0450. The minimum absolute atomic E-state index is 0.179. The van der Waals surface area contributed by atoms with Crippen molar-refractivity contribution in [2.24, 2.45) is 0 Å². The standard InChI is InChI=1S/C15H17NO4/c1-19-12-6-2-4-10-8-13(20-14(10)12)15(18)16-7-3-5-11(17)9-16/h2,4,6,8,11,17H,3,5,7,9H2,1H3. The van der Waals surface area contributed by atoms with Gasteiger partial charge >= 0.3 is 0 Å². The summed E-state index contributed by atoms with van der Waals surface area (Å²) in [6, 6.07) is 7.25. The van der Waals surface area contributed by atoms with Crippen molar-refractivity contribution >= 4 is 16.9 Å². The van der Waals surface area contributed by atoms with E-state index in [9.17, 15) is 9.90 Å². The number of para-hydroxylation sites is 1. The van der Waals surface area contributed by atoms with Gasteiger partial charge in [0.05, 0.1) is 13.2 Å².